The summed E-state index contributed by atoms with van der Waals surface area (Å²) >= 11 is 0. The molecule has 8 heteroatoms. The van der Waals surface area contributed by atoms with E-state index in [1.165, 1.54) is 23.9 Å². The van der Waals surface area contributed by atoms with Gasteiger partial charge in [0.15, 0.2) is 0 Å². The largest absolute Gasteiger partial charge is 0.354 e. The van der Waals surface area contributed by atoms with Gasteiger partial charge >= 0.3 is 6.03 Å². The number of likely N-dealkylation sites (N-methyl/N-ethyl adjacent to an activating group) is 2. The van der Waals surface area contributed by atoms with E-state index in [9.17, 15) is 19.2 Å². The van der Waals surface area contributed by atoms with Gasteiger partial charge in [0.25, 0.3) is 5.91 Å². The summed E-state index contributed by atoms with van der Waals surface area (Å²) in [4.78, 5) is 51.1. The minimum atomic E-state index is -0.537. The van der Waals surface area contributed by atoms with E-state index in [0.29, 0.717) is 13.0 Å². The van der Waals surface area contributed by atoms with E-state index in [1.807, 2.05) is 0 Å². The highest BCUT2D eigenvalue weighted by Crippen LogP contribution is 2.13. The number of nitrogens with one attached hydrogen (secondary N) is 1. The molecule has 1 atom stereocenters. The molecule has 8 nitrogen and oxygen atoms in total. The molecule has 0 spiro atoms. The van der Waals surface area contributed by atoms with Crippen LogP contribution in [0.5, 0.6) is 0 Å². The summed E-state index contributed by atoms with van der Waals surface area (Å²) in [6.45, 7) is 0.285. The summed E-state index contributed by atoms with van der Waals surface area (Å²) < 4.78 is 0. The van der Waals surface area contributed by atoms with Gasteiger partial charge in [0.2, 0.25) is 11.8 Å². The highest BCUT2D eigenvalue weighted by molar-refractivity contribution is 6.04. The molecule has 0 bridgehead atoms. The lowest BCUT2D eigenvalue weighted by Gasteiger charge is -2.27. The SMILES string of the molecule is CN1CC(=O)N(CC(=O)N(C)C2CCCCNC2=O)C1=O. The second-order valence-corrected chi connectivity index (χ2v) is 5.43. The smallest absolute Gasteiger partial charge is 0.327 e. The van der Waals surface area contributed by atoms with Gasteiger partial charge in [-0.05, 0) is 19.3 Å². The van der Waals surface area contributed by atoms with Crippen molar-refractivity contribution < 1.29 is 19.2 Å². The maximum Gasteiger partial charge on any atom is 0.327 e. The topological polar surface area (TPSA) is 90.0 Å². The normalized spacial score (nSPS) is 23.1. The minimum Gasteiger partial charge on any atom is -0.354 e. The second-order valence-electron chi connectivity index (χ2n) is 5.43. The molecule has 1 unspecified atom stereocenters. The summed E-state index contributed by atoms with van der Waals surface area (Å²) in [6, 6.07) is -1.02. The molecular weight excluding hydrogens is 276 g/mol. The third kappa shape index (κ3) is 3.14. The molecule has 0 radical (unpaired) electrons. The Labute approximate surface area is 123 Å². The summed E-state index contributed by atoms with van der Waals surface area (Å²) in [6.07, 6.45) is 2.33. The number of hydrogen-bond donors (Lipinski definition) is 1. The van der Waals surface area contributed by atoms with Crippen LogP contribution in [0.1, 0.15) is 19.3 Å². The van der Waals surface area contributed by atoms with Gasteiger partial charge in [0, 0.05) is 20.6 Å². The summed E-state index contributed by atoms with van der Waals surface area (Å²) in [5.41, 5.74) is 0. The number of amides is 5. The van der Waals surface area contributed by atoms with Crippen LogP contribution in [0.15, 0.2) is 0 Å². The first-order valence-electron chi connectivity index (χ1n) is 7.00. The van der Waals surface area contributed by atoms with Crippen LogP contribution in [0.3, 0.4) is 0 Å². The van der Waals surface area contributed by atoms with Crippen molar-refractivity contribution in [3.8, 4) is 0 Å². The number of nitrogens with zero attached hydrogens (tertiary/aromatic N) is 3. The average molecular weight is 296 g/mol. The summed E-state index contributed by atoms with van der Waals surface area (Å²) in [5, 5.41) is 2.76. The lowest BCUT2D eigenvalue weighted by atomic mass is 10.1. The molecule has 5 amide bonds. The van der Waals surface area contributed by atoms with Gasteiger partial charge in [0.05, 0.1) is 0 Å². The molecule has 0 aromatic heterocycles. The molecule has 0 aromatic rings. The van der Waals surface area contributed by atoms with Crippen LogP contribution >= 0.6 is 0 Å². The van der Waals surface area contributed by atoms with Gasteiger partial charge in [0.1, 0.15) is 19.1 Å². The molecule has 0 saturated carbocycles. The molecule has 21 heavy (non-hydrogen) atoms. The fourth-order valence-electron chi connectivity index (χ4n) is 2.54. The molecule has 2 saturated heterocycles. The van der Waals surface area contributed by atoms with Crippen molar-refractivity contribution in [3.05, 3.63) is 0 Å². The quantitative estimate of drug-likeness (QED) is 0.677. The highest BCUT2D eigenvalue weighted by atomic mass is 16.2. The molecule has 2 aliphatic rings. The van der Waals surface area contributed by atoms with Crippen molar-refractivity contribution in [1.29, 1.82) is 0 Å². The fraction of sp³-hybridized carbons (Fsp3) is 0.692. The van der Waals surface area contributed by atoms with E-state index >= 15 is 0 Å². The zero-order valence-corrected chi connectivity index (χ0v) is 12.3. The predicted molar refractivity (Wildman–Crippen MR) is 73.2 cm³/mol. The molecule has 2 aliphatic heterocycles. The zero-order chi connectivity index (χ0) is 15.6. The Balaban J connectivity index is 2.00. The Morgan fingerprint density at radius 3 is 2.67 bits per heavy atom. The van der Waals surface area contributed by atoms with Crippen molar-refractivity contribution in [2.45, 2.75) is 25.3 Å². The maximum atomic E-state index is 12.2. The van der Waals surface area contributed by atoms with E-state index < -0.39 is 23.9 Å². The van der Waals surface area contributed by atoms with Gasteiger partial charge in [-0.1, -0.05) is 0 Å². The average Bonchev–Trinajstić information content (AvgIpc) is 2.62. The van der Waals surface area contributed by atoms with Crippen molar-refractivity contribution in [3.63, 3.8) is 0 Å². The first kappa shape index (κ1) is 15.3. The number of carbonyl (C=O) groups excluding carboxylic acids is 4. The van der Waals surface area contributed by atoms with Crippen LogP contribution in [-0.2, 0) is 14.4 Å². The van der Waals surface area contributed by atoms with Gasteiger partial charge in [-0.2, -0.15) is 0 Å². The van der Waals surface area contributed by atoms with Gasteiger partial charge in [-0.15, -0.1) is 0 Å². The number of imide groups is 1. The van der Waals surface area contributed by atoms with E-state index in [0.717, 1.165) is 17.7 Å². The number of rotatable bonds is 3. The Hall–Kier alpha value is -2.12. The molecule has 2 heterocycles. The van der Waals surface area contributed by atoms with Crippen molar-refractivity contribution >= 4 is 23.8 Å². The number of hydrogen-bond acceptors (Lipinski definition) is 4. The molecule has 2 fully saturated rings. The van der Waals surface area contributed by atoms with E-state index in [-0.39, 0.29) is 19.0 Å². The molecule has 0 aromatic carbocycles. The van der Waals surface area contributed by atoms with Crippen LogP contribution in [0.25, 0.3) is 0 Å². The number of urea groups is 1. The summed E-state index contributed by atoms with van der Waals surface area (Å²) in [5.74, 6) is -0.983. The highest BCUT2D eigenvalue weighted by Gasteiger charge is 2.37. The Morgan fingerprint density at radius 2 is 2.05 bits per heavy atom. The third-order valence-electron chi connectivity index (χ3n) is 3.89. The van der Waals surface area contributed by atoms with Crippen molar-refractivity contribution in [2.24, 2.45) is 0 Å². The van der Waals surface area contributed by atoms with Crippen LogP contribution in [0.4, 0.5) is 4.79 Å². The van der Waals surface area contributed by atoms with Crippen molar-refractivity contribution in [1.82, 2.24) is 20.0 Å². The Kier molecular flexibility index (Phi) is 4.44. The fourth-order valence-corrected chi connectivity index (χ4v) is 2.54. The predicted octanol–water partition coefficient (Wildman–Crippen LogP) is -0.992. The molecule has 116 valence electrons. The van der Waals surface area contributed by atoms with Gasteiger partial charge in [-0.3, -0.25) is 19.3 Å². The van der Waals surface area contributed by atoms with Gasteiger partial charge < -0.3 is 15.1 Å². The standard InChI is InChI=1S/C13H20N4O4/c1-15-7-11(19)17(13(15)21)8-10(18)16(2)9-5-3-4-6-14-12(9)20/h9H,3-8H2,1-2H3,(H,14,20). The molecule has 0 aliphatic carbocycles. The van der Waals surface area contributed by atoms with Gasteiger partial charge in [-0.25, -0.2) is 4.79 Å². The lowest BCUT2D eigenvalue weighted by Crippen LogP contribution is -2.50. The number of carbonyl (C=O) groups is 4. The first-order valence-corrected chi connectivity index (χ1v) is 7.00. The van der Waals surface area contributed by atoms with Crippen LogP contribution in [0.2, 0.25) is 0 Å². The first-order chi connectivity index (χ1) is 9.91. The second kappa shape index (κ2) is 6.11. The third-order valence-corrected chi connectivity index (χ3v) is 3.89. The zero-order valence-electron chi connectivity index (χ0n) is 12.3. The minimum absolute atomic E-state index is 0.0141. The van der Waals surface area contributed by atoms with Crippen LogP contribution in [-0.4, -0.2) is 78.2 Å². The van der Waals surface area contributed by atoms with E-state index in [1.54, 1.807) is 0 Å². The molecular formula is C13H20N4O4. The molecule has 1 N–H and O–H groups in total. The Bertz CT molecular complexity index is 479. The monoisotopic (exact) mass is 296 g/mol. The van der Waals surface area contributed by atoms with Crippen LogP contribution < -0.4 is 5.32 Å². The Morgan fingerprint density at radius 1 is 1.33 bits per heavy atom. The maximum absolute atomic E-state index is 12.2. The molecule has 2 rings (SSSR count). The van der Waals surface area contributed by atoms with Crippen LogP contribution in [0, 0.1) is 0 Å². The van der Waals surface area contributed by atoms with E-state index in [4.69, 9.17) is 0 Å². The van der Waals surface area contributed by atoms with E-state index in [2.05, 4.69) is 5.32 Å². The summed E-state index contributed by atoms with van der Waals surface area (Å²) in [7, 11) is 3.04. The lowest BCUT2D eigenvalue weighted by molar-refractivity contribution is -0.141. The van der Waals surface area contributed by atoms with Crippen molar-refractivity contribution in [2.75, 3.05) is 33.7 Å².